The van der Waals surface area contributed by atoms with Crippen molar-refractivity contribution in [3.8, 4) is 11.4 Å². The van der Waals surface area contributed by atoms with Crippen molar-refractivity contribution in [1.82, 2.24) is 20.1 Å². The van der Waals surface area contributed by atoms with E-state index in [1.54, 1.807) is 6.08 Å². The molecule has 27 heavy (non-hydrogen) atoms. The number of nitrogens with one attached hydrogen (secondary N) is 1. The van der Waals surface area contributed by atoms with Gasteiger partial charge in [0.05, 0.1) is 5.75 Å². The average molecular weight is 379 g/mol. The SMILES string of the molecule is C=CCn1c(SCC(=O)NCCc2ccccc2)nnc1-c1ccccc1. The summed E-state index contributed by atoms with van der Waals surface area (Å²) in [5.74, 6) is 1.08. The Bertz CT molecular complexity index is 878. The van der Waals surface area contributed by atoms with Gasteiger partial charge in [0.15, 0.2) is 11.0 Å². The Balaban J connectivity index is 1.56. The lowest BCUT2D eigenvalue weighted by molar-refractivity contribution is -0.118. The second-order valence-electron chi connectivity index (χ2n) is 5.95. The summed E-state index contributed by atoms with van der Waals surface area (Å²) in [4.78, 5) is 12.1. The quantitative estimate of drug-likeness (QED) is 0.457. The largest absolute Gasteiger partial charge is 0.355 e. The molecular formula is C21H22N4OS. The van der Waals surface area contributed by atoms with Gasteiger partial charge in [0, 0.05) is 18.7 Å². The zero-order valence-electron chi connectivity index (χ0n) is 15.0. The van der Waals surface area contributed by atoms with Crippen LogP contribution in [0.5, 0.6) is 0 Å². The van der Waals surface area contributed by atoms with Gasteiger partial charge in [-0.1, -0.05) is 78.5 Å². The molecule has 5 nitrogen and oxygen atoms in total. The Morgan fingerprint density at radius 1 is 1.07 bits per heavy atom. The zero-order valence-corrected chi connectivity index (χ0v) is 15.9. The Labute approximate surface area is 163 Å². The highest BCUT2D eigenvalue weighted by molar-refractivity contribution is 7.99. The number of amides is 1. The van der Waals surface area contributed by atoms with E-state index < -0.39 is 0 Å². The third-order valence-corrected chi connectivity index (χ3v) is 4.94. The van der Waals surface area contributed by atoms with Crippen LogP contribution in [0.4, 0.5) is 0 Å². The number of hydrogen-bond donors (Lipinski definition) is 1. The van der Waals surface area contributed by atoms with Crippen LogP contribution in [0.3, 0.4) is 0 Å². The van der Waals surface area contributed by atoms with Gasteiger partial charge in [-0.15, -0.1) is 16.8 Å². The molecule has 0 aliphatic carbocycles. The van der Waals surface area contributed by atoms with Crippen molar-refractivity contribution >= 4 is 17.7 Å². The second-order valence-corrected chi connectivity index (χ2v) is 6.89. The van der Waals surface area contributed by atoms with Crippen LogP contribution < -0.4 is 5.32 Å². The third kappa shape index (κ3) is 5.31. The molecule has 1 N–H and O–H groups in total. The molecule has 0 bridgehead atoms. The van der Waals surface area contributed by atoms with Gasteiger partial charge >= 0.3 is 0 Å². The molecule has 6 heteroatoms. The fourth-order valence-corrected chi connectivity index (χ4v) is 3.44. The fourth-order valence-electron chi connectivity index (χ4n) is 2.66. The van der Waals surface area contributed by atoms with Crippen molar-refractivity contribution in [2.45, 2.75) is 18.1 Å². The van der Waals surface area contributed by atoms with Crippen LogP contribution in [0.2, 0.25) is 0 Å². The molecule has 1 aromatic heterocycles. The molecule has 3 rings (SSSR count). The highest BCUT2D eigenvalue weighted by Crippen LogP contribution is 2.23. The van der Waals surface area contributed by atoms with Crippen molar-refractivity contribution in [2.24, 2.45) is 0 Å². The van der Waals surface area contributed by atoms with Gasteiger partial charge in [0.25, 0.3) is 0 Å². The van der Waals surface area contributed by atoms with Crippen molar-refractivity contribution in [1.29, 1.82) is 0 Å². The third-order valence-electron chi connectivity index (χ3n) is 3.97. The van der Waals surface area contributed by atoms with E-state index in [-0.39, 0.29) is 5.91 Å². The molecule has 0 radical (unpaired) electrons. The predicted octanol–water partition coefficient (Wildman–Crippen LogP) is 3.58. The predicted molar refractivity (Wildman–Crippen MR) is 110 cm³/mol. The number of carbonyl (C=O) groups is 1. The molecule has 0 aliphatic heterocycles. The van der Waals surface area contributed by atoms with Crippen LogP contribution in [-0.4, -0.2) is 33.0 Å². The molecule has 1 amide bonds. The zero-order chi connectivity index (χ0) is 18.9. The summed E-state index contributed by atoms with van der Waals surface area (Å²) in [5, 5.41) is 12.2. The Morgan fingerprint density at radius 2 is 1.78 bits per heavy atom. The average Bonchev–Trinajstić information content (AvgIpc) is 3.11. The van der Waals surface area contributed by atoms with Crippen LogP contribution in [-0.2, 0) is 17.8 Å². The Kier molecular flexibility index (Phi) is 6.82. The number of rotatable bonds is 9. The molecular weight excluding hydrogens is 356 g/mol. The van der Waals surface area contributed by atoms with Crippen LogP contribution in [0.1, 0.15) is 5.56 Å². The summed E-state index contributed by atoms with van der Waals surface area (Å²) in [6, 6.07) is 20.0. The van der Waals surface area contributed by atoms with Crippen molar-refractivity contribution in [3.05, 3.63) is 78.9 Å². The van der Waals surface area contributed by atoms with E-state index in [0.717, 1.165) is 17.8 Å². The standard InChI is InChI=1S/C21H22N4OS/c1-2-15-25-20(18-11-7-4-8-12-18)23-24-21(25)27-16-19(26)22-14-13-17-9-5-3-6-10-17/h2-12H,1,13-16H2,(H,22,26). The van der Waals surface area contributed by atoms with Gasteiger partial charge in [0.2, 0.25) is 5.91 Å². The molecule has 0 aliphatic rings. The minimum absolute atomic E-state index is 0.00894. The highest BCUT2D eigenvalue weighted by Gasteiger charge is 2.14. The summed E-state index contributed by atoms with van der Waals surface area (Å²) >= 11 is 1.39. The van der Waals surface area contributed by atoms with E-state index in [9.17, 15) is 4.79 Å². The number of thioether (sulfide) groups is 1. The lowest BCUT2D eigenvalue weighted by atomic mass is 10.1. The lowest BCUT2D eigenvalue weighted by Gasteiger charge is -2.08. The van der Waals surface area contributed by atoms with Crippen LogP contribution in [0.15, 0.2) is 78.5 Å². The maximum absolute atomic E-state index is 12.1. The van der Waals surface area contributed by atoms with Crippen molar-refractivity contribution in [2.75, 3.05) is 12.3 Å². The molecule has 0 fully saturated rings. The van der Waals surface area contributed by atoms with E-state index in [1.165, 1.54) is 17.3 Å². The van der Waals surface area contributed by atoms with Gasteiger partial charge < -0.3 is 5.32 Å². The van der Waals surface area contributed by atoms with E-state index in [2.05, 4.69) is 34.2 Å². The number of carbonyl (C=O) groups excluding carboxylic acids is 1. The number of hydrogen-bond acceptors (Lipinski definition) is 4. The van der Waals surface area contributed by atoms with Gasteiger partial charge in [-0.3, -0.25) is 9.36 Å². The van der Waals surface area contributed by atoms with Gasteiger partial charge in [-0.25, -0.2) is 0 Å². The van der Waals surface area contributed by atoms with Gasteiger partial charge in [0.1, 0.15) is 0 Å². The fraction of sp³-hybridized carbons (Fsp3) is 0.190. The van der Waals surface area contributed by atoms with Crippen LogP contribution in [0, 0.1) is 0 Å². The molecule has 0 spiro atoms. The minimum atomic E-state index is -0.00894. The summed E-state index contributed by atoms with van der Waals surface area (Å²) in [6.07, 6.45) is 2.63. The molecule has 0 saturated heterocycles. The molecule has 1 heterocycles. The van der Waals surface area contributed by atoms with Crippen molar-refractivity contribution < 1.29 is 4.79 Å². The van der Waals surface area contributed by atoms with E-state index >= 15 is 0 Å². The normalized spacial score (nSPS) is 10.5. The molecule has 0 atom stereocenters. The van der Waals surface area contributed by atoms with Crippen LogP contribution >= 0.6 is 11.8 Å². The van der Waals surface area contributed by atoms with Gasteiger partial charge in [-0.2, -0.15) is 0 Å². The molecule has 0 unspecified atom stereocenters. The first-order valence-corrected chi connectivity index (χ1v) is 9.79. The molecule has 2 aromatic carbocycles. The van der Waals surface area contributed by atoms with E-state index in [0.29, 0.717) is 24.0 Å². The molecule has 3 aromatic rings. The van der Waals surface area contributed by atoms with Crippen molar-refractivity contribution in [3.63, 3.8) is 0 Å². The monoisotopic (exact) mass is 378 g/mol. The summed E-state index contributed by atoms with van der Waals surface area (Å²) in [6.45, 7) is 5.03. The van der Waals surface area contributed by atoms with Gasteiger partial charge in [-0.05, 0) is 12.0 Å². The molecule has 0 saturated carbocycles. The second kappa shape index (κ2) is 9.73. The topological polar surface area (TPSA) is 59.8 Å². The smallest absolute Gasteiger partial charge is 0.230 e. The summed E-state index contributed by atoms with van der Waals surface area (Å²) in [5.41, 5.74) is 2.20. The number of nitrogens with zero attached hydrogens (tertiary/aromatic N) is 3. The summed E-state index contributed by atoms with van der Waals surface area (Å²) in [7, 11) is 0. The first-order chi connectivity index (χ1) is 13.3. The number of allylic oxidation sites excluding steroid dienone is 1. The number of aromatic nitrogens is 3. The van der Waals surface area contributed by atoms with E-state index in [4.69, 9.17) is 0 Å². The minimum Gasteiger partial charge on any atom is -0.355 e. The summed E-state index contributed by atoms with van der Waals surface area (Å²) < 4.78 is 1.98. The maximum atomic E-state index is 12.1. The highest BCUT2D eigenvalue weighted by atomic mass is 32.2. The maximum Gasteiger partial charge on any atom is 0.230 e. The Hall–Kier alpha value is -2.86. The first-order valence-electron chi connectivity index (χ1n) is 8.81. The van der Waals surface area contributed by atoms with E-state index in [1.807, 2.05) is 53.1 Å². The first kappa shape index (κ1) is 18.9. The van der Waals surface area contributed by atoms with Crippen LogP contribution in [0.25, 0.3) is 11.4 Å². The Morgan fingerprint density at radius 3 is 2.48 bits per heavy atom. The number of benzene rings is 2. The molecule has 138 valence electrons. The lowest BCUT2D eigenvalue weighted by Crippen LogP contribution is -2.27.